The van der Waals surface area contributed by atoms with Crippen LogP contribution < -0.4 is 4.74 Å². The maximum Gasteiger partial charge on any atom is 0.514 e. The molecule has 0 fully saturated rings. The summed E-state index contributed by atoms with van der Waals surface area (Å²) in [6.07, 6.45) is 5.42. The molecule has 0 aliphatic rings. The van der Waals surface area contributed by atoms with Crippen LogP contribution in [-0.4, -0.2) is 6.16 Å². The predicted molar refractivity (Wildman–Crippen MR) is 101 cm³/mol. The summed E-state index contributed by atoms with van der Waals surface area (Å²) in [6, 6.07) is 16.9. The second kappa shape index (κ2) is 8.34. The van der Waals surface area contributed by atoms with Gasteiger partial charge in [-0.25, -0.2) is 4.79 Å². The Hall–Kier alpha value is -2.81. The maximum atomic E-state index is 12.0. The first-order chi connectivity index (χ1) is 12.0. The first-order valence-corrected chi connectivity index (χ1v) is 8.32. The SMILES string of the molecule is C/C=C\C(=C/C)c1ccc(C(C)(C)OC(=O)Oc2ccccc2)cc1. The van der Waals surface area contributed by atoms with E-state index >= 15 is 0 Å². The molecule has 0 N–H and O–H groups in total. The molecule has 3 heteroatoms. The Morgan fingerprint density at radius 1 is 0.960 bits per heavy atom. The van der Waals surface area contributed by atoms with E-state index in [0.717, 1.165) is 16.7 Å². The van der Waals surface area contributed by atoms with Gasteiger partial charge < -0.3 is 9.47 Å². The largest absolute Gasteiger partial charge is 0.514 e. The zero-order valence-electron chi connectivity index (χ0n) is 15.2. The summed E-state index contributed by atoms with van der Waals surface area (Å²) in [4.78, 5) is 12.0. The summed E-state index contributed by atoms with van der Waals surface area (Å²) in [5.41, 5.74) is 2.38. The van der Waals surface area contributed by atoms with Gasteiger partial charge in [-0.15, -0.1) is 0 Å². The van der Waals surface area contributed by atoms with Crippen molar-refractivity contribution in [1.82, 2.24) is 0 Å². The molecule has 0 spiro atoms. The van der Waals surface area contributed by atoms with E-state index in [1.54, 1.807) is 24.3 Å². The molecule has 130 valence electrons. The molecule has 2 aromatic carbocycles. The number of carbonyl (C=O) groups is 1. The number of rotatable bonds is 5. The number of hydrogen-bond donors (Lipinski definition) is 0. The molecule has 0 heterocycles. The van der Waals surface area contributed by atoms with Gasteiger partial charge in [-0.05, 0) is 56.5 Å². The number of carbonyl (C=O) groups excluding carboxylic acids is 1. The van der Waals surface area contributed by atoms with Gasteiger partial charge in [-0.3, -0.25) is 0 Å². The van der Waals surface area contributed by atoms with Crippen LogP contribution in [0.1, 0.15) is 38.8 Å². The second-order valence-corrected chi connectivity index (χ2v) is 6.10. The van der Waals surface area contributed by atoms with Crippen LogP contribution in [0.4, 0.5) is 4.79 Å². The lowest BCUT2D eigenvalue weighted by molar-refractivity contribution is 0.00637. The normalized spacial score (nSPS) is 12.2. The molecular weight excluding hydrogens is 312 g/mol. The van der Waals surface area contributed by atoms with Gasteiger partial charge in [0.25, 0.3) is 0 Å². The molecule has 2 aromatic rings. The van der Waals surface area contributed by atoms with Crippen molar-refractivity contribution in [3.8, 4) is 5.75 Å². The van der Waals surface area contributed by atoms with Crippen LogP contribution in [0.5, 0.6) is 5.75 Å². The standard InChI is InChI=1S/C22H24O3/c1-5-10-17(6-2)18-13-15-19(16-14-18)22(3,4)25-21(23)24-20-11-8-7-9-12-20/h5-16H,1-4H3/b10-5-,17-6+. The zero-order chi connectivity index (χ0) is 18.3. The van der Waals surface area contributed by atoms with Crippen molar-refractivity contribution in [1.29, 1.82) is 0 Å². The van der Waals surface area contributed by atoms with Crippen molar-refractivity contribution in [2.24, 2.45) is 0 Å². The Balaban J connectivity index is 2.09. The van der Waals surface area contributed by atoms with Crippen LogP contribution in [0, 0.1) is 0 Å². The third-order valence-electron chi connectivity index (χ3n) is 3.85. The van der Waals surface area contributed by atoms with E-state index in [9.17, 15) is 4.79 Å². The summed E-state index contributed by atoms with van der Waals surface area (Å²) in [7, 11) is 0. The summed E-state index contributed by atoms with van der Waals surface area (Å²) in [5.74, 6) is 0.461. The van der Waals surface area contributed by atoms with Crippen molar-refractivity contribution in [2.75, 3.05) is 0 Å². The predicted octanol–water partition coefficient (Wildman–Crippen LogP) is 6.12. The van der Waals surface area contributed by atoms with Crippen molar-refractivity contribution >= 4 is 11.7 Å². The van der Waals surface area contributed by atoms with Gasteiger partial charge >= 0.3 is 6.16 Å². The molecule has 0 aliphatic heterocycles. The third kappa shape index (κ3) is 5.08. The third-order valence-corrected chi connectivity index (χ3v) is 3.85. The monoisotopic (exact) mass is 336 g/mol. The molecule has 0 radical (unpaired) electrons. The minimum absolute atomic E-state index is 0.461. The summed E-state index contributed by atoms with van der Waals surface area (Å²) in [5, 5.41) is 0. The minimum Gasteiger partial charge on any atom is -0.423 e. The fourth-order valence-corrected chi connectivity index (χ4v) is 2.48. The van der Waals surface area contributed by atoms with Crippen LogP contribution in [0.25, 0.3) is 5.57 Å². The van der Waals surface area contributed by atoms with Crippen LogP contribution >= 0.6 is 0 Å². The van der Waals surface area contributed by atoms with Crippen molar-refractivity contribution in [2.45, 2.75) is 33.3 Å². The molecule has 0 saturated heterocycles. The number of ether oxygens (including phenoxy) is 2. The lowest BCUT2D eigenvalue weighted by Crippen LogP contribution is -2.27. The molecule has 2 rings (SSSR count). The Labute approximate surface area is 149 Å². The molecule has 0 unspecified atom stereocenters. The van der Waals surface area contributed by atoms with Crippen molar-refractivity contribution < 1.29 is 14.3 Å². The Bertz CT molecular complexity index is 754. The molecule has 0 amide bonds. The van der Waals surface area contributed by atoms with Gasteiger partial charge in [0.05, 0.1) is 0 Å². The fourth-order valence-electron chi connectivity index (χ4n) is 2.48. The van der Waals surface area contributed by atoms with Gasteiger partial charge in [-0.2, -0.15) is 0 Å². The number of para-hydroxylation sites is 1. The Morgan fingerprint density at radius 3 is 2.16 bits per heavy atom. The number of hydrogen-bond acceptors (Lipinski definition) is 3. The second-order valence-electron chi connectivity index (χ2n) is 6.10. The smallest absolute Gasteiger partial charge is 0.423 e. The average molecular weight is 336 g/mol. The first-order valence-electron chi connectivity index (χ1n) is 8.32. The number of benzene rings is 2. The van der Waals surface area contributed by atoms with E-state index in [1.165, 1.54) is 0 Å². The highest BCUT2D eigenvalue weighted by Crippen LogP contribution is 2.27. The zero-order valence-corrected chi connectivity index (χ0v) is 15.2. The maximum absolute atomic E-state index is 12.0. The van der Waals surface area contributed by atoms with Gasteiger partial charge in [-0.1, -0.05) is 60.7 Å². The van der Waals surface area contributed by atoms with Gasteiger partial charge in [0.1, 0.15) is 11.4 Å². The van der Waals surface area contributed by atoms with E-state index in [1.807, 2.05) is 64.1 Å². The van der Waals surface area contributed by atoms with Gasteiger partial charge in [0.15, 0.2) is 0 Å². The van der Waals surface area contributed by atoms with Crippen molar-refractivity contribution in [3.05, 3.63) is 84.0 Å². The molecule has 0 atom stereocenters. The number of allylic oxidation sites excluding steroid dienone is 4. The summed E-state index contributed by atoms with van der Waals surface area (Å²) >= 11 is 0. The van der Waals surface area contributed by atoms with Crippen molar-refractivity contribution in [3.63, 3.8) is 0 Å². The summed E-state index contributed by atoms with van der Waals surface area (Å²) in [6.45, 7) is 7.69. The summed E-state index contributed by atoms with van der Waals surface area (Å²) < 4.78 is 10.7. The van der Waals surface area contributed by atoms with Gasteiger partial charge in [0.2, 0.25) is 0 Å². The molecule has 0 aliphatic carbocycles. The molecule has 0 saturated carbocycles. The van der Waals surface area contributed by atoms with Crippen LogP contribution in [-0.2, 0) is 10.3 Å². The fraction of sp³-hybridized carbons (Fsp3) is 0.227. The average Bonchev–Trinajstić information content (AvgIpc) is 2.60. The lowest BCUT2D eigenvalue weighted by Gasteiger charge is -2.25. The van der Waals surface area contributed by atoms with E-state index in [-0.39, 0.29) is 0 Å². The quantitative estimate of drug-likeness (QED) is 0.375. The molecule has 0 bridgehead atoms. The first kappa shape index (κ1) is 18.5. The molecule has 3 nitrogen and oxygen atoms in total. The molecular formula is C22H24O3. The molecule has 0 aromatic heterocycles. The highest BCUT2D eigenvalue weighted by Gasteiger charge is 2.26. The molecule has 25 heavy (non-hydrogen) atoms. The highest BCUT2D eigenvalue weighted by molar-refractivity contribution is 5.73. The Kier molecular flexibility index (Phi) is 6.18. The van der Waals surface area contributed by atoms with Gasteiger partial charge in [0, 0.05) is 0 Å². The van der Waals surface area contributed by atoms with Crippen LogP contribution in [0.2, 0.25) is 0 Å². The Morgan fingerprint density at radius 2 is 1.60 bits per heavy atom. The van der Waals surface area contributed by atoms with E-state index in [2.05, 4.69) is 12.2 Å². The topological polar surface area (TPSA) is 35.5 Å². The van der Waals surface area contributed by atoms with E-state index < -0.39 is 11.8 Å². The highest BCUT2D eigenvalue weighted by atomic mass is 16.7. The van der Waals surface area contributed by atoms with Crippen LogP contribution in [0.15, 0.2) is 72.8 Å². The van der Waals surface area contributed by atoms with Crippen LogP contribution in [0.3, 0.4) is 0 Å². The minimum atomic E-state index is -0.791. The van der Waals surface area contributed by atoms with E-state index in [0.29, 0.717) is 5.75 Å². The van der Waals surface area contributed by atoms with E-state index in [4.69, 9.17) is 9.47 Å². The lowest BCUT2D eigenvalue weighted by atomic mass is 9.95.